The van der Waals surface area contributed by atoms with Gasteiger partial charge in [0.25, 0.3) is 10.2 Å². The van der Waals surface area contributed by atoms with E-state index in [0.717, 1.165) is 54.7 Å². The molecule has 17 nitrogen and oxygen atoms in total. The van der Waals surface area contributed by atoms with Gasteiger partial charge < -0.3 is 20.0 Å². The molecule has 3 atom stereocenters. The summed E-state index contributed by atoms with van der Waals surface area (Å²) in [4.78, 5) is 79.9. The second-order valence-corrected chi connectivity index (χ2v) is 19.4. The van der Waals surface area contributed by atoms with Gasteiger partial charge in [0.15, 0.2) is 0 Å². The Kier molecular flexibility index (Phi) is 11.2. The van der Waals surface area contributed by atoms with Crippen LogP contribution in [0.2, 0.25) is 0 Å². The summed E-state index contributed by atoms with van der Waals surface area (Å²) in [6.45, 7) is 3.38. The van der Waals surface area contributed by atoms with Crippen molar-refractivity contribution in [2.75, 3.05) is 67.3 Å². The first kappa shape index (κ1) is 41.1. The molecule has 0 radical (unpaired) electrons. The molecule has 0 bridgehead atoms. The Morgan fingerprint density at radius 1 is 1.03 bits per heavy atom. The van der Waals surface area contributed by atoms with Crippen LogP contribution in [0.1, 0.15) is 88.7 Å². The molecule has 318 valence electrons. The Morgan fingerprint density at radius 3 is 2.42 bits per heavy atom. The summed E-state index contributed by atoms with van der Waals surface area (Å²) in [6.07, 6.45) is 10.2. The number of fused-ring (bicyclic) bond motifs is 2. The van der Waals surface area contributed by atoms with Crippen LogP contribution in [-0.4, -0.2) is 133 Å². The minimum absolute atomic E-state index is 0.0104. The molecule has 6 aliphatic rings. The van der Waals surface area contributed by atoms with Gasteiger partial charge in [0.2, 0.25) is 36.0 Å². The summed E-state index contributed by atoms with van der Waals surface area (Å²) in [5.41, 5.74) is 2.72. The third-order valence-electron chi connectivity index (χ3n) is 13.6. The van der Waals surface area contributed by atoms with E-state index in [9.17, 15) is 32.4 Å². The number of para-hydroxylation sites is 1. The largest absolute Gasteiger partial charge is 0.376 e. The van der Waals surface area contributed by atoms with Crippen molar-refractivity contribution < 1.29 is 32.4 Å². The lowest BCUT2D eigenvalue weighted by Crippen LogP contribution is -2.64. The fraction of sp³-hybridized carbons (Fsp3) is 0.634. The number of likely N-dealkylation sites (N-methyl/N-ethyl adjacent to an activating group) is 1. The van der Waals surface area contributed by atoms with Crippen molar-refractivity contribution in [2.45, 2.75) is 114 Å². The first-order valence-corrected chi connectivity index (χ1v) is 22.5. The molecule has 1 aromatic carbocycles. The highest BCUT2D eigenvalue weighted by atomic mass is 32.2. The molecule has 5 heterocycles. The lowest BCUT2D eigenvalue weighted by Gasteiger charge is -2.45. The molecule has 59 heavy (non-hydrogen) atoms. The molecule has 2 N–H and O–H groups in total. The number of hydrogen-bond donors (Lipinski definition) is 2. The lowest BCUT2D eigenvalue weighted by molar-refractivity contribution is -0.135. The topological polar surface area (TPSA) is 189 Å². The average Bonchev–Trinajstić information content (AvgIpc) is 3.83. The van der Waals surface area contributed by atoms with E-state index in [4.69, 9.17) is 4.98 Å². The van der Waals surface area contributed by atoms with E-state index >= 15 is 0 Å². The summed E-state index contributed by atoms with van der Waals surface area (Å²) in [5, 5.41) is 5.76. The number of hydrogen-bond acceptors (Lipinski definition) is 11. The molecule has 8 rings (SSSR count). The van der Waals surface area contributed by atoms with Gasteiger partial charge in [-0.05, 0) is 75.3 Å². The summed E-state index contributed by atoms with van der Waals surface area (Å²) >= 11 is 0. The normalized spacial score (nSPS) is 24.8. The number of rotatable bonds is 14. The number of aryl methyl sites for hydroxylation is 1. The Bertz CT molecular complexity index is 2120. The van der Waals surface area contributed by atoms with Crippen LogP contribution in [0.5, 0.6) is 0 Å². The van der Waals surface area contributed by atoms with Crippen LogP contribution in [0.3, 0.4) is 0 Å². The zero-order valence-corrected chi connectivity index (χ0v) is 35.2. The van der Waals surface area contributed by atoms with Gasteiger partial charge in [-0.3, -0.25) is 34.2 Å². The zero-order chi connectivity index (χ0) is 41.8. The van der Waals surface area contributed by atoms with Crippen LogP contribution in [0, 0.1) is 5.92 Å². The maximum atomic E-state index is 13.6. The predicted molar refractivity (Wildman–Crippen MR) is 221 cm³/mol. The van der Waals surface area contributed by atoms with Gasteiger partial charge in [-0.25, -0.2) is 4.98 Å². The minimum Gasteiger partial charge on any atom is -0.376 e. The molecular formula is C41H56N10O7S. The van der Waals surface area contributed by atoms with Gasteiger partial charge in [0.1, 0.15) is 11.9 Å². The molecular weight excluding hydrogens is 777 g/mol. The quantitative estimate of drug-likeness (QED) is 0.210. The van der Waals surface area contributed by atoms with Gasteiger partial charge in [-0.15, -0.1) is 0 Å². The number of nitrogens with zero attached hydrogens (tertiary/aromatic N) is 8. The van der Waals surface area contributed by atoms with E-state index in [2.05, 4.69) is 22.5 Å². The molecule has 18 heteroatoms. The van der Waals surface area contributed by atoms with Crippen molar-refractivity contribution in [2.24, 2.45) is 5.92 Å². The average molecular weight is 833 g/mol. The molecule has 3 unspecified atom stereocenters. The molecule has 1 spiro atoms. The van der Waals surface area contributed by atoms with Crippen molar-refractivity contribution in [1.29, 1.82) is 0 Å². The monoisotopic (exact) mass is 832 g/mol. The number of nitrogens with one attached hydrogen (secondary N) is 2. The van der Waals surface area contributed by atoms with Crippen LogP contribution in [0.25, 0.3) is 0 Å². The van der Waals surface area contributed by atoms with E-state index in [-0.39, 0.29) is 68.2 Å². The number of aromatic nitrogens is 2. The fourth-order valence-electron chi connectivity index (χ4n) is 9.82. The number of carbonyl (C=O) groups excluding carboxylic acids is 5. The molecule has 2 aliphatic carbocycles. The third-order valence-corrected chi connectivity index (χ3v) is 15.5. The number of imide groups is 1. The SMILES string of the molecule is CC1CCCC1N1C(=O)C2(CC2)c2cnc(NC3CCN(S(=O)(=O)N4CC(N(C)C(=O)CCCc5cccc(N(C=O)C6CCC(=O)NC6=O)c5N(C)C)C4)CC3)nc21. The minimum atomic E-state index is -3.70. The van der Waals surface area contributed by atoms with Crippen molar-refractivity contribution in [3.8, 4) is 0 Å². The van der Waals surface area contributed by atoms with Gasteiger partial charge >= 0.3 is 0 Å². The second-order valence-electron chi connectivity index (χ2n) is 17.5. The Hall–Kier alpha value is -4.68. The summed E-state index contributed by atoms with van der Waals surface area (Å²) in [6, 6.07) is 4.65. The first-order valence-electron chi connectivity index (χ1n) is 21.1. The number of anilines is 4. The second kappa shape index (κ2) is 16.1. The van der Waals surface area contributed by atoms with Crippen LogP contribution >= 0.6 is 0 Å². The van der Waals surface area contributed by atoms with Crippen LogP contribution in [0.4, 0.5) is 23.1 Å². The number of amides is 5. The number of piperidine rings is 2. The van der Waals surface area contributed by atoms with E-state index in [1.54, 1.807) is 18.0 Å². The highest BCUT2D eigenvalue weighted by Crippen LogP contribution is 2.58. The van der Waals surface area contributed by atoms with Crippen LogP contribution in [0.15, 0.2) is 24.4 Å². The maximum Gasteiger partial charge on any atom is 0.282 e. The molecule has 5 fully saturated rings. The first-order chi connectivity index (χ1) is 28.2. The van der Waals surface area contributed by atoms with E-state index in [1.165, 1.54) is 13.5 Å². The fourth-order valence-corrected chi connectivity index (χ4v) is 11.5. The molecule has 3 saturated heterocycles. The number of benzene rings is 1. The van der Waals surface area contributed by atoms with Gasteiger partial charge in [0, 0.05) is 84.0 Å². The standard InChI is InChI=1S/C41H56N10O7S/c1-26-8-5-11-31(26)51-37-30(41(18-19-41)39(51)56)22-42-40(45-37)43-28-16-20-48(21-17-28)59(57,58)49-23-29(24-49)47(4)35(54)13-7-10-27-9-6-12-32(36(27)46(2)3)50(25-52)33-14-15-34(53)44-38(33)55/h6,9,12,22,25-26,28-29,31,33H,5,7-8,10-11,13-21,23-24H2,1-4H3,(H,42,43,45)(H,44,53,55). The summed E-state index contributed by atoms with van der Waals surface area (Å²) in [7, 11) is 1.72. The maximum absolute atomic E-state index is 13.6. The van der Waals surface area contributed by atoms with Crippen LogP contribution in [-0.2, 0) is 46.0 Å². The van der Waals surface area contributed by atoms with Crippen molar-refractivity contribution >= 4 is 63.4 Å². The Morgan fingerprint density at radius 2 is 1.78 bits per heavy atom. The summed E-state index contributed by atoms with van der Waals surface area (Å²) < 4.78 is 30.2. The van der Waals surface area contributed by atoms with Gasteiger partial charge in [-0.2, -0.15) is 22.0 Å². The third kappa shape index (κ3) is 7.56. The van der Waals surface area contributed by atoms with Crippen LogP contribution < -0.4 is 25.3 Å². The van der Waals surface area contributed by atoms with E-state index in [0.29, 0.717) is 62.7 Å². The van der Waals surface area contributed by atoms with Crippen molar-refractivity contribution in [3.63, 3.8) is 0 Å². The molecule has 2 saturated carbocycles. The van der Waals surface area contributed by atoms with Gasteiger partial charge in [-0.1, -0.05) is 25.5 Å². The zero-order valence-electron chi connectivity index (χ0n) is 34.4. The predicted octanol–water partition coefficient (Wildman–Crippen LogP) is 2.16. The molecule has 2 aromatic rings. The smallest absolute Gasteiger partial charge is 0.282 e. The molecule has 5 amide bonds. The van der Waals surface area contributed by atoms with Gasteiger partial charge in [0.05, 0.1) is 22.8 Å². The Labute approximate surface area is 346 Å². The van der Waals surface area contributed by atoms with E-state index < -0.39 is 27.6 Å². The van der Waals surface area contributed by atoms with E-state index in [1.807, 2.05) is 42.2 Å². The van der Waals surface area contributed by atoms with Crippen molar-refractivity contribution in [3.05, 3.63) is 35.5 Å². The highest BCUT2D eigenvalue weighted by Gasteiger charge is 2.62. The highest BCUT2D eigenvalue weighted by molar-refractivity contribution is 7.86. The lowest BCUT2D eigenvalue weighted by atomic mass is 10.00. The van der Waals surface area contributed by atoms with Crippen molar-refractivity contribution in [1.82, 2.24) is 28.8 Å². The number of carbonyl (C=O) groups is 5. The molecule has 4 aliphatic heterocycles. The Balaban J connectivity index is 0.812. The summed E-state index contributed by atoms with van der Waals surface area (Å²) in [5.74, 6) is 0.888. The molecule has 1 aromatic heterocycles.